The zero-order chi connectivity index (χ0) is 12.0. The van der Waals surface area contributed by atoms with Gasteiger partial charge in [-0.05, 0) is 23.8 Å². The van der Waals surface area contributed by atoms with E-state index in [2.05, 4.69) is 4.74 Å². The summed E-state index contributed by atoms with van der Waals surface area (Å²) in [6.45, 7) is 1.71. The fraction of sp³-hybridized carbons (Fsp3) is 0.250. The molecule has 86 valence electrons. The fourth-order valence-electron chi connectivity index (χ4n) is 1.01. The fourth-order valence-corrected chi connectivity index (χ4v) is 1.01. The quantitative estimate of drug-likeness (QED) is 0.462. The summed E-state index contributed by atoms with van der Waals surface area (Å²) in [4.78, 5) is 11.1. The number of phenolic OH excluding ortho intramolecular Hbond substituents is 1. The van der Waals surface area contributed by atoms with Gasteiger partial charge in [-0.2, -0.15) is 0 Å². The molecule has 0 heterocycles. The Morgan fingerprint density at radius 3 is 2.62 bits per heavy atom. The maximum atomic E-state index is 11.1. The predicted molar refractivity (Wildman–Crippen MR) is 59.5 cm³/mol. The van der Waals surface area contributed by atoms with Crippen LogP contribution in [0.4, 0.5) is 0 Å². The van der Waals surface area contributed by atoms with Crippen LogP contribution in [-0.4, -0.2) is 22.5 Å². The standard InChI is InChI=1S/C12H14O4/c1-2-11(14)16-12(15)8-5-9-3-6-10(13)7-4-9/h3-8,11,13-14H,2H2,1H3/b8-5+. The SMILES string of the molecule is CCC(O)OC(=O)/C=C/c1ccc(O)cc1. The number of aliphatic hydroxyl groups excluding tert-OH is 1. The lowest BCUT2D eigenvalue weighted by Gasteiger charge is -2.06. The second-order valence-corrected chi connectivity index (χ2v) is 3.22. The van der Waals surface area contributed by atoms with E-state index in [1.54, 1.807) is 25.1 Å². The van der Waals surface area contributed by atoms with Gasteiger partial charge < -0.3 is 14.9 Å². The van der Waals surface area contributed by atoms with Crippen LogP contribution in [0.15, 0.2) is 30.3 Å². The van der Waals surface area contributed by atoms with Gasteiger partial charge in [-0.25, -0.2) is 4.79 Å². The second kappa shape index (κ2) is 5.92. The van der Waals surface area contributed by atoms with Crippen LogP contribution < -0.4 is 0 Å². The molecule has 0 fully saturated rings. The Hall–Kier alpha value is -1.81. The Bertz CT molecular complexity index is 367. The summed E-state index contributed by atoms with van der Waals surface area (Å²) in [5.41, 5.74) is 0.765. The predicted octanol–water partition coefficient (Wildman–Crippen LogP) is 1.68. The van der Waals surface area contributed by atoms with Crippen molar-refractivity contribution in [3.63, 3.8) is 0 Å². The average molecular weight is 222 g/mol. The normalized spacial score (nSPS) is 12.6. The van der Waals surface area contributed by atoms with Crippen molar-refractivity contribution >= 4 is 12.0 Å². The Labute approximate surface area is 93.8 Å². The molecule has 1 aromatic carbocycles. The van der Waals surface area contributed by atoms with Gasteiger partial charge in [-0.1, -0.05) is 19.1 Å². The maximum absolute atomic E-state index is 11.1. The third-order valence-corrected chi connectivity index (χ3v) is 1.91. The largest absolute Gasteiger partial charge is 0.508 e. The summed E-state index contributed by atoms with van der Waals surface area (Å²) in [6, 6.07) is 6.36. The number of phenols is 1. The molecule has 1 unspecified atom stereocenters. The summed E-state index contributed by atoms with van der Waals surface area (Å²) < 4.78 is 4.63. The van der Waals surface area contributed by atoms with E-state index in [9.17, 15) is 4.79 Å². The van der Waals surface area contributed by atoms with E-state index >= 15 is 0 Å². The number of esters is 1. The molecule has 0 saturated heterocycles. The molecular formula is C12H14O4. The molecular weight excluding hydrogens is 208 g/mol. The van der Waals surface area contributed by atoms with Crippen LogP contribution >= 0.6 is 0 Å². The van der Waals surface area contributed by atoms with E-state index < -0.39 is 12.3 Å². The number of carbonyl (C=O) groups is 1. The van der Waals surface area contributed by atoms with Crippen molar-refractivity contribution in [1.82, 2.24) is 0 Å². The summed E-state index contributed by atoms with van der Waals surface area (Å²) >= 11 is 0. The van der Waals surface area contributed by atoms with Crippen LogP contribution in [0.1, 0.15) is 18.9 Å². The maximum Gasteiger partial charge on any atom is 0.333 e. The minimum atomic E-state index is -1.06. The minimum Gasteiger partial charge on any atom is -0.508 e. The molecule has 0 aliphatic rings. The lowest BCUT2D eigenvalue weighted by atomic mass is 10.2. The molecule has 1 aromatic rings. The van der Waals surface area contributed by atoms with Gasteiger partial charge in [0, 0.05) is 12.5 Å². The van der Waals surface area contributed by atoms with Gasteiger partial charge in [0.2, 0.25) is 6.29 Å². The highest BCUT2D eigenvalue weighted by Gasteiger charge is 2.04. The van der Waals surface area contributed by atoms with Crippen LogP contribution in [0.25, 0.3) is 6.08 Å². The lowest BCUT2D eigenvalue weighted by molar-refractivity contribution is -0.161. The first-order valence-corrected chi connectivity index (χ1v) is 4.97. The van der Waals surface area contributed by atoms with Crippen molar-refractivity contribution < 1.29 is 19.7 Å². The van der Waals surface area contributed by atoms with Gasteiger partial charge in [-0.15, -0.1) is 0 Å². The molecule has 16 heavy (non-hydrogen) atoms. The molecule has 0 spiro atoms. The Morgan fingerprint density at radius 1 is 1.44 bits per heavy atom. The number of hydrogen-bond acceptors (Lipinski definition) is 4. The molecule has 0 aromatic heterocycles. The first-order valence-electron chi connectivity index (χ1n) is 4.97. The number of benzene rings is 1. The number of carbonyl (C=O) groups excluding carboxylic acids is 1. The Balaban J connectivity index is 2.53. The Morgan fingerprint density at radius 2 is 2.06 bits per heavy atom. The van der Waals surface area contributed by atoms with Crippen molar-refractivity contribution in [2.45, 2.75) is 19.6 Å². The summed E-state index contributed by atoms with van der Waals surface area (Å²) in [5.74, 6) is -0.427. The van der Waals surface area contributed by atoms with E-state index in [1.807, 2.05) is 0 Å². The number of hydrogen-bond donors (Lipinski definition) is 2. The molecule has 2 N–H and O–H groups in total. The molecule has 0 radical (unpaired) electrons. The third-order valence-electron chi connectivity index (χ3n) is 1.91. The van der Waals surface area contributed by atoms with Crippen LogP contribution in [0.3, 0.4) is 0 Å². The summed E-state index contributed by atoms with van der Waals surface area (Å²) in [6.07, 6.45) is 2.07. The van der Waals surface area contributed by atoms with Gasteiger partial charge in [0.05, 0.1) is 0 Å². The molecule has 0 bridgehead atoms. The second-order valence-electron chi connectivity index (χ2n) is 3.22. The average Bonchev–Trinajstić information content (AvgIpc) is 2.28. The van der Waals surface area contributed by atoms with Crippen molar-refractivity contribution in [3.8, 4) is 5.75 Å². The number of aromatic hydroxyl groups is 1. The van der Waals surface area contributed by atoms with Gasteiger partial charge in [0.15, 0.2) is 0 Å². The highest BCUT2D eigenvalue weighted by Crippen LogP contribution is 2.10. The third kappa shape index (κ3) is 4.14. The monoisotopic (exact) mass is 222 g/mol. The van der Waals surface area contributed by atoms with Crippen LogP contribution in [0, 0.1) is 0 Å². The molecule has 0 saturated carbocycles. The molecule has 1 rings (SSSR count). The van der Waals surface area contributed by atoms with Crippen LogP contribution in [0.5, 0.6) is 5.75 Å². The van der Waals surface area contributed by atoms with Crippen molar-refractivity contribution in [1.29, 1.82) is 0 Å². The molecule has 0 aliphatic heterocycles. The van der Waals surface area contributed by atoms with Crippen LogP contribution in [-0.2, 0) is 9.53 Å². The first kappa shape index (κ1) is 12.3. The van der Waals surface area contributed by atoms with Gasteiger partial charge >= 0.3 is 5.97 Å². The van der Waals surface area contributed by atoms with Gasteiger partial charge in [-0.3, -0.25) is 0 Å². The highest BCUT2D eigenvalue weighted by molar-refractivity contribution is 5.87. The molecule has 4 heteroatoms. The van der Waals surface area contributed by atoms with E-state index in [0.717, 1.165) is 5.56 Å². The first-order chi connectivity index (χ1) is 7.61. The van der Waals surface area contributed by atoms with Crippen molar-refractivity contribution in [2.75, 3.05) is 0 Å². The molecule has 1 atom stereocenters. The molecule has 0 aliphatic carbocycles. The van der Waals surface area contributed by atoms with E-state index in [-0.39, 0.29) is 5.75 Å². The number of aliphatic hydroxyl groups is 1. The van der Waals surface area contributed by atoms with E-state index in [1.165, 1.54) is 18.2 Å². The van der Waals surface area contributed by atoms with Gasteiger partial charge in [0.1, 0.15) is 5.75 Å². The zero-order valence-electron chi connectivity index (χ0n) is 8.96. The van der Waals surface area contributed by atoms with E-state index in [0.29, 0.717) is 6.42 Å². The topological polar surface area (TPSA) is 66.8 Å². The lowest BCUT2D eigenvalue weighted by Crippen LogP contribution is -2.14. The highest BCUT2D eigenvalue weighted by atomic mass is 16.6. The number of ether oxygens (including phenoxy) is 1. The Kier molecular flexibility index (Phi) is 4.54. The van der Waals surface area contributed by atoms with E-state index in [4.69, 9.17) is 10.2 Å². The molecule has 0 amide bonds. The van der Waals surface area contributed by atoms with Crippen molar-refractivity contribution in [2.24, 2.45) is 0 Å². The van der Waals surface area contributed by atoms with Gasteiger partial charge in [0.25, 0.3) is 0 Å². The molecule has 4 nitrogen and oxygen atoms in total. The summed E-state index contributed by atoms with van der Waals surface area (Å²) in [7, 11) is 0. The number of rotatable bonds is 4. The smallest absolute Gasteiger partial charge is 0.333 e. The van der Waals surface area contributed by atoms with Crippen molar-refractivity contribution in [3.05, 3.63) is 35.9 Å². The van der Waals surface area contributed by atoms with Crippen LogP contribution in [0.2, 0.25) is 0 Å². The zero-order valence-corrected chi connectivity index (χ0v) is 8.96. The minimum absolute atomic E-state index is 0.168. The summed E-state index contributed by atoms with van der Waals surface area (Å²) in [5, 5.41) is 18.1.